The highest BCUT2D eigenvalue weighted by Gasteiger charge is 2.73. The Morgan fingerprint density at radius 2 is 1.76 bits per heavy atom. The Labute approximate surface area is 167 Å². The van der Waals surface area contributed by atoms with Gasteiger partial charge in [-0.2, -0.15) is 4.98 Å². The van der Waals surface area contributed by atoms with Crippen molar-refractivity contribution in [2.24, 2.45) is 0 Å². The molecule has 9 heteroatoms. The van der Waals surface area contributed by atoms with Gasteiger partial charge in [-0.3, -0.25) is 0 Å². The van der Waals surface area contributed by atoms with Crippen molar-refractivity contribution in [3.8, 4) is 11.5 Å². The number of fused-ring (bicyclic) bond motifs is 1. The molecule has 3 saturated heterocycles. The lowest BCUT2D eigenvalue weighted by Gasteiger charge is -2.48. The molecule has 1 spiro atoms. The lowest BCUT2D eigenvalue weighted by Crippen LogP contribution is -2.69. The monoisotopic (exact) mass is 404 g/mol. The summed E-state index contributed by atoms with van der Waals surface area (Å²) in [6.07, 6.45) is -1.38. The van der Waals surface area contributed by atoms with Crippen molar-refractivity contribution in [3.05, 3.63) is 36.2 Å². The van der Waals surface area contributed by atoms with Crippen LogP contribution in [0.5, 0.6) is 0 Å². The number of aromatic nitrogens is 2. The van der Waals surface area contributed by atoms with Gasteiger partial charge in [-0.05, 0) is 39.8 Å². The highest BCUT2D eigenvalue weighted by Crippen LogP contribution is 2.53. The maximum atomic E-state index is 12.1. The van der Waals surface area contributed by atoms with E-state index in [-0.39, 0.29) is 24.9 Å². The van der Waals surface area contributed by atoms with E-state index in [9.17, 15) is 5.11 Å². The van der Waals surface area contributed by atoms with Gasteiger partial charge in [-0.25, -0.2) is 0 Å². The molecule has 0 saturated carbocycles. The van der Waals surface area contributed by atoms with Crippen LogP contribution < -0.4 is 0 Å². The van der Waals surface area contributed by atoms with Crippen molar-refractivity contribution < 1.29 is 33.3 Å². The maximum absolute atomic E-state index is 12.1. The van der Waals surface area contributed by atoms with Crippen LogP contribution in [0.15, 0.2) is 34.9 Å². The molecule has 156 valence electrons. The first-order chi connectivity index (χ1) is 13.6. The van der Waals surface area contributed by atoms with E-state index in [1.807, 2.05) is 30.3 Å². The number of ether oxygens (including phenoxy) is 5. The second kappa shape index (κ2) is 6.07. The van der Waals surface area contributed by atoms with E-state index in [1.165, 1.54) is 0 Å². The van der Waals surface area contributed by atoms with Gasteiger partial charge in [0.05, 0.1) is 6.61 Å². The number of rotatable bonds is 2. The van der Waals surface area contributed by atoms with Gasteiger partial charge in [0.15, 0.2) is 11.6 Å². The minimum atomic E-state index is -1.92. The Morgan fingerprint density at radius 3 is 2.45 bits per heavy atom. The van der Waals surface area contributed by atoms with Crippen LogP contribution in [-0.4, -0.2) is 58.0 Å². The Balaban J connectivity index is 1.62. The van der Waals surface area contributed by atoms with E-state index in [4.69, 9.17) is 28.2 Å². The highest BCUT2D eigenvalue weighted by molar-refractivity contribution is 5.52. The molecule has 3 aliphatic heterocycles. The number of nitrogens with zero attached hydrogens (tertiary/aromatic N) is 2. The van der Waals surface area contributed by atoms with Gasteiger partial charge in [0, 0.05) is 5.56 Å². The molecular weight excluding hydrogens is 380 g/mol. The first kappa shape index (κ1) is 19.1. The van der Waals surface area contributed by atoms with Gasteiger partial charge in [0.2, 0.25) is 17.2 Å². The smallest absolute Gasteiger partial charge is 0.258 e. The minimum absolute atomic E-state index is 0.00588. The van der Waals surface area contributed by atoms with Gasteiger partial charge < -0.3 is 33.3 Å². The largest absolute Gasteiger partial charge is 0.374 e. The summed E-state index contributed by atoms with van der Waals surface area (Å²) in [7, 11) is 0. The zero-order valence-electron chi connectivity index (χ0n) is 16.7. The van der Waals surface area contributed by atoms with E-state index in [1.54, 1.807) is 27.7 Å². The molecule has 0 bridgehead atoms. The SMILES string of the molecule is CC1(C)OC2COC3(COC(C)(C)O3)C(O)(c3noc(-c4ccccc4)n3)C2O1. The van der Waals surface area contributed by atoms with Gasteiger partial charge in [0.25, 0.3) is 5.89 Å². The minimum Gasteiger partial charge on any atom is -0.374 e. The molecule has 2 aromatic rings. The molecule has 1 aromatic carbocycles. The van der Waals surface area contributed by atoms with E-state index in [2.05, 4.69) is 10.1 Å². The van der Waals surface area contributed by atoms with Crippen molar-refractivity contribution in [2.75, 3.05) is 13.2 Å². The van der Waals surface area contributed by atoms with Gasteiger partial charge >= 0.3 is 0 Å². The molecule has 4 heterocycles. The lowest BCUT2D eigenvalue weighted by atomic mass is 9.81. The van der Waals surface area contributed by atoms with Crippen LogP contribution in [0.25, 0.3) is 11.5 Å². The summed E-state index contributed by atoms with van der Waals surface area (Å²) in [6, 6.07) is 9.30. The number of hydrogen-bond acceptors (Lipinski definition) is 9. The van der Waals surface area contributed by atoms with Gasteiger partial charge in [-0.15, -0.1) is 0 Å². The van der Waals surface area contributed by atoms with Crippen molar-refractivity contribution in [1.82, 2.24) is 10.1 Å². The number of benzene rings is 1. The number of hydrogen-bond donors (Lipinski definition) is 1. The summed E-state index contributed by atoms with van der Waals surface area (Å²) in [5, 5.41) is 16.1. The van der Waals surface area contributed by atoms with Crippen LogP contribution >= 0.6 is 0 Å². The van der Waals surface area contributed by atoms with Crippen LogP contribution in [0.3, 0.4) is 0 Å². The first-order valence-electron chi connectivity index (χ1n) is 9.60. The van der Waals surface area contributed by atoms with Crippen LogP contribution in [0.2, 0.25) is 0 Å². The standard InChI is InChI=1S/C20H24N2O7/c1-17(2)25-11-19(29-17)20(23,14-13(10-24-19)26-18(3,4)27-14)16-21-15(28-22-16)12-8-6-5-7-9-12/h5-9,13-14,23H,10-11H2,1-4H3. The summed E-state index contributed by atoms with van der Waals surface area (Å²) in [4.78, 5) is 4.47. The Hall–Kier alpha value is -1.88. The van der Waals surface area contributed by atoms with Crippen LogP contribution in [-0.2, 0) is 29.3 Å². The van der Waals surface area contributed by atoms with E-state index < -0.39 is 35.2 Å². The molecule has 1 aromatic heterocycles. The Bertz CT molecular complexity index is 913. The van der Waals surface area contributed by atoms with E-state index in [0.717, 1.165) is 5.56 Å². The fraction of sp³-hybridized carbons (Fsp3) is 0.600. The summed E-state index contributed by atoms with van der Waals surface area (Å²) < 4.78 is 35.3. The van der Waals surface area contributed by atoms with E-state index in [0.29, 0.717) is 0 Å². The predicted molar refractivity (Wildman–Crippen MR) is 97.3 cm³/mol. The Kier molecular flexibility index (Phi) is 4.00. The molecule has 3 fully saturated rings. The summed E-state index contributed by atoms with van der Waals surface area (Å²) in [5.74, 6) is -3.20. The third kappa shape index (κ3) is 2.84. The summed E-state index contributed by atoms with van der Waals surface area (Å²) >= 11 is 0. The maximum Gasteiger partial charge on any atom is 0.258 e. The molecule has 0 amide bonds. The third-order valence-corrected chi connectivity index (χ3v) is 5.46. The molecule has 0 radical (unpaired) electrons. The summed E-state index contributed by atoms with van der Waals surface area (Å²) in [5.41, 5.74) is -1.20. The normalized spacial score (nSPS) is 37.7. The van der Waals surface area contributed by atoms with Crippen LogP contribution in [0.4, 0.5) is 0 Å². The topological polar surface area (TPSA) is 105 Å². The molecule has 0 aliphatic carbocycles. The Morgan fingerprint density at radius 1 is 1.00 bits per heavy atom. The van der Waals surface area contributed by atoms with Crippen molar-refractivity contribution in [3.63, 3.8) is 0 Å². The van der Waals surface area contributed by atoms with Crippen LogP contribution in [0, 0.1) is 0 Å². The lowest BCUT2D eigenvalue weighted by molar-refractivity contribution is -0.374. The molecule has 1 N–H and O–H groups in total. The fourth-order valence-electron chi connectivity index (χ4n) is 4.21. The zero-order chi connectivity index (χ0) is 20.5. The third-order valence-electron chi connectivity index (χ3n) is 5.46. The molecule has 29 heavy (non-hydrogen) atoms. The molecule has 9 nitrogen and oxygen atoms in total. The highest BCUT2D eigenvalue weighted by atomic mass is 16.9. The summed E-state index contributed by atoms with van der Waals surface area (Å²) in [6.45, 7) is 7.19. The predicted octanol–water partition coefficient (Wildman–Crippen LogP) is 1.95. The van der Waals surface area contributed by atoms with E-state index >= 15 is 0 Å². The fourth-order valence-corrected chi connectivity index (χ4v) is 4.21. The van der Waals surface area contributed by atoms with Crippen LogP contribution in [0.1, 0.15) is 33.5 Å². The second-order valence-electron chi connectivity index (χ2n) is 8.50. The van der Waals surface area contributed by atoms with Gasteiger partial charge in [-0.1, -0.05) is 23.4 Å². The number of aliphatic hydroxyl groups is 1. The average Bonchev–Trinajstić information content (AvgIpc) is 3.36. The zero-order valence-corrected chi connectivity index (χ0v) is 16.7. The quantitative estimate of drug-likeness (QED) is 0.804. The molecule has 5 rings (SSSR count). The molecule has 4 atom stereocenters. The van der Waals surface area contributed by atoms with Crippen molar-refractivity contribution in [1.29, 1.82) is 0 Å². The first-order valence-corrected chi connectivity index (χ1v) is 9.60. The average molecular weight is 404 g/mol. The molecular formula is C20H24N2O7. The second-order valence-corrected chi connectivity index (χ2v) is 8.50. The van der Waals surface area contributed by atoms with Crippen molar-refractivity contribution >= 4 is 0 Å². The van der Waals surface area contributed by atoms with Crippen molar-refractivity contribution in [2.45, 2.75) is 62.9 Å². The molecule has 3 aliphatic rings. The van der Waals surface area contributed by atoms with Gasteiger partial charge in [0.1, 0.15) is 18.8 Å². The molecule has 4 unspecified atom stereocenters.